The molecule has 1 N–H and O–H groups in total. The third-order valence-corrected chi connectivity index (χ3v) is 4.23. The fraction of sp³-hybridized carbons (Fsp3) is 0.647. The van der Waals surface area contributed by atoms with Gasteiger partial charge in [0, 0.05) is 11.6 Å². The largest absolute Gasteiger partial charge is 0.310 e. The van der Waals surface area contributed by atoms with E-state index in [0.29, 0.717) is 5.92 Å². The quantitative estimate of drug-likeness (QED) is 0.808. The van der Waals surface area contributed by atoms with E-state index >= 15 is 0 Å². The third-order valence-electron chi connectivity index (χ3n) is 4.23. The van der Waals surface area contributed by atoms with Gasteiger partial charge in [-0.15, -0.1) is 0 Å². The fourth-order valence-corrected chi connectivity index (χ4v) is 3.18. The Morgan fingerprint density at radius 2 is 2.00 bits per heavy atom. The van der Waals surface area contributed by atoms with E-state index in [4.69, 9.17) is 0 Å². The van der Waals surface area contributed by atoms with Gasteiger partial charge < -0.3 is 5.32 Å². The van der Waals surface area contributed by atoms with Crippen molar-refractivity contribution in [3.63, 3.8) is 0 Å². The lowest BCUT2D eigenvalue weighted by atomic mass is 9.81. The highest BCUT2D eigenvalue weighted by atomic mass is 19.1. The highest BCUT2D eigenvalue weighted by molar-refractivity contribution is 5.26. The summed E-state index contributed by atoms with van der Waals surface area (Å²) in [7, 11) is 0. The number of aryl methyl sites for hydroxylation is 1. The molecule has 1 aromatic carbocycles. The molecule has 1 saturated carbocycles. The summed E-state index contributed by atoms with van der Waals surface area (Å²) in [5.74, 6) is 0.552. The molecule has 0 radical (unpaired) electrons. The Labute approximate surface area is 116 Å². The molecule has 1 atom stereocenters. The second kappa shape index (κ2) is 7.04. The van der Waals surface area contributed by atoms with Gasteiger partial charge in [0.2, 0.25) is 0 Å². The number of nitrogens with one attached hydrogen (secondary N) is 1. The molecule has 0 saturated heterocycles. The molecule has 0 aliphatic heterocycles. The summed E-state index contributed by atoms with van der Waals surface area (Å²) in [5.41, 5.74) is 1.87. The first-order valence-corrected chi connectivity index (χ1v) is 7.71. The monoisotopic (exact) mass is 263 g/mol. The predicted octanol–water partition coefficient (Wildman–Crippen LogP) is 4.76. The molecule has 1 fully saturated rings. The van der Waals surface area contributed by atoms with E-state index in [0.717, 1.165) is 24.1 Å². The molecular weight excluding hydrogens is 237 g/mol. The van der Waals surface area contributed by atoms with Crippen LogP contribution < -0.4 is 5.32 Å². The van der Waals surface area contributed by atoms with Crippen molar-refractivity contribution in [1.82, 2.24) is 5.32 Å². The Bertz CT molecular complexity index is 396. The standard InChI is InChI=1S/C17H26FN/c1-3-11-19-17(14-7-5-4-6-8-14)15-10-9-13(2)12-16(15)18/h9-10,12,14,17,19H,3-8,11H2,1-2H3. The maximum Gasteiger partial charge on any atom is 0.128 e. The van der Waals surface area contributed by atoms with Crippen LogP contribution in [-0.2, 0) is 0 Å². The molecule has 106 valence electrons. The molecule has 1 unspecified atom stereocenters. The van der Waals surface area contributed by atoms with Crippen molar-refractivity contribution in [1.29, 1.82) is 0 Å². The van der Waals surface area contributed by atoms with Crippen LogP contribution in [0.2, 0.25) is 0 Å². The summed E-state index contributed by atoms with van der Waals surface area (Å²) in [6, 6.07) is 5.87. The molecule has 1 nitrogen and oxygen atoms in total. The van der Waals surface area contributed by atoms with Crippen LogP contribution in [0, 0.1) is 18.7 Å². The molecule has 0 aromatic heterocycles. The van der Waals surface area contributed by atoms with Gasteiger partial charge in [0.1, 0.15) is 5.82 Å². The minimum atomic E-state index is -0.0424. The number of hydrogen-bond acceptors (Lipinski definition) is 1. The van der Waals surface area contributed by atoms with Gasteiger partial charge in [-0.05, 0) is 50.3 Å². The highest BCUT2D eigenvalue weighted by Gasteiger charge is 2.26. The van der Waals surface area contributed by atoms with Crippen molar-refractivity contribution >= 4 is 0 Å². The Morgan fingerprint density at radius 1 is 1.26 bits per heavy atom. The number of rotatable bonds is 5. The topological polar surface area (TPSA) is 12.0 Å². The summed E-state index contributed by atoms with van der Waals surface area (Å²) in [5, 5.41) is 3.58. The van der Waals surface area contributed by atoms with Gasteiger partial charge in [-0.25, -0.2) is 4.39 Å². The van der Waals surface area contributed by atoms with Crippen LogP contribution in [0.3, 0.4) is 0 Å². The SMILES string of the molecule is CCCNC(c1ccc(C)cc1F)C1CCCCC1. The first kappa shape index (κ1) is 14.5. The van der Waals surface area contributed by atoms with Gasteiger partial charge in [-0.1, -0.05) is 38.3 Å². The highest BCUT2D eigenvalue weighted by Crippen LogP contribution is 2.35. The maximum atomic E-state index is 14.2. The molecule has 0 heterocycles. The van der Waals surface area contributed by atoms with Crippen molar-refractivity contribution in [2.45, 2.75) is 58.4 Å². The normalized spacial score (nSPS) is 18.5. The molecule has 0 amide bonds. The number of benzene rings is 1. The second-order valence-corrected chi connectivity index (χ2v) is 5.85. The first-order chi connectivity index (χ1) is 9.22. The summed E-state index contributed by atoms with van der Waals surface area (Å²) < 4.78 is 14.2. The number of halogens is 1. The molecule has 2 rings (SSSR count). The Morgan fingerprint density at radius 3 is 2.63 bits per heavy atom. The van der Waals surface area contributed by atoms with Crippen LogP contribution in [0.5, 0.6) is 0 Å². The average molecular weight is 263 g/mol. The van der Waals surface area contributed by atoms with E-state index in [1.807, 2.05) is 19.1 Å². The van der Waals surface area contributed by atoms with Crippen molar-refractivity contribution in [2.75, 3.05) is 6.54 Å². The van der Waals surface area contributed by atoms with Crippen molar-refractivity contribution < 1.29 is 4.39 Å². The molecule has 2 heteroatoms. The van der Waals surface area contributed by atoms with E-state index in [2.05, 4.69) is 12.2 Å². The average Bonchev–Trinajstić information content (AvgIpc) is 2.42. The minimum Gasteiger partial charge on any atom is -0.310 e. The Balaban J connectivity index is 2.19. The van der Waals surface area contributed by atoms with Crippen LogP contribution in [-0.4, -0.2) is 6.54 Å². The molecular formula is C17H26FN. The first-order valence-electron chi connectivity index (χ1n) is 7.71. The lowest BCUT2D eigenvalue weighted by molar-refractivity contribution is 0.267. The summed E-state index contributed by atoms with van der Waals surface area (Å²) in [4.78, 5) is 0. The Hall–Kier alpha value is -0.890. The third kappa shape index (κ3) is 3.79. The zero-order valence-electron chi connectivity index (χ0n) is 12.2. The van der Waals surface area contributed by atoms with E-state index in [1.165, 1.54) is 32.1 Å². The van der Waals surface area contributed by atoms with Gasteiger partial charge in [0.15, 0.2) is 0 Å². The van der Waals surface area contributed by atoms with Crippen molar-refractivity contribution in [3.05, 3.63) is 35.1 Å². The lowest BCUT2D eigenvalue weighted by Gasteiger charge is -2.31. The molecule has 1 aromatic rings. The van der Waals surface area contributed by atoms with E-state index in [9.17, 15) is 4.39 Å². The van der Waals surface area contributed by atoms with Gasteiger partial charge in [0.05, 0.1) is 0 Å². The smallest absolute Gasteiger partial charge is 0.128 e. The number of hydrogen-bond donors (Lipinski definition) is 1. The zero-order chi connectivity index (χ0) is 13.7. The van der Waals surface area contributed by atoms with Crippen LogP contribution in [0.15, 0.2) is 18.2 Å². The predicted molar refractivity (Wildman–Crippen MR) is 78.7 cm³/mol. The molecule has 0 spiro atoms. The summed E-state index contributed by atoms with van der Waals surface area (Å²) in [6.07, 6.45) is 7.48. The van der Waals surface area contributed by atoms with E-state index < -0.39 is 0 Å². The molecule has 0 bridgehead atoms. The van der Waals surface area contributed by atoms with Crippen LogP contribution in [0.25, 0.3) is 0 Å². The van der Waals surface area contributed by atoms with Crippen LogP contribution >= 0.6 is 0 Å². The lowest BCUT2D eigenvalue weighted by Crippen LogP contribution is -2.31. The minimum absolute atomic E-state index is 0.0424. The summed E-state index contributed by atoms with van der Waals surface area (Å²) in [6.45, 7) is 5.08. The van der Waals surface area contributed by atoms with Gasteiger partial charge in [-0.3, -0.25) is 0 Å². The fourth-order valence-electron chi connectivity index (χ4n) is 3.18. The van der Waals surface area contributed by atoms with Crippen LogP contribution in [0.4, 0.5) is 4.39 Å². The summed E-state index contributed by atoms with van der Waals surface area (Å²) >= 11 is 0. The second-order valence-electron chi connectivity index (χ2n) is 5.85. The van der Waals surface area contributed by atoms with Gasteiger partial charge in [-0.2, -0.15) is 0 Å². The molecule has 19 heavy (non-hydrogen) atoms. The molecule has 1 aliphatic rings. The van der Waals surface area contributed by atoms with Gasteiger partial charge in [0.25, 0.3) is 0 Å². The van der Waals surface area contributed by atoms with Gasteiger partial charge >= 0.3 is 0 Å². The van der Waals surface area contributed by atoms with Crippen molar-refractivity contribution in [3.8, 4) is 0 Å². The van der Waals surface area contributed by atoms with E-state index in [-0.39, 0.29) is 11.9 Å². The molecule has 1 aliphatic carbocycles. The van der Waals surface area contributed by atoms with Crippen molar-refractivity contribution in [2.24, 2.45) is 5.92 Å². The maximum absolute atomic E-state index is 14.2. The van der Waals surface area contributed by atoms with Crippen LogP contribution in [0.1, 0.15) is 62.6 Å². The van der Waals surface area contributed by atoms with E-state index in [1.54, 1.807) is 6.07 Å². The Kier molecular flexibility index (Phi) is 5.38. The zero-order valence-corrected chi connectivity index (χ0v) is 12.2.